The van der Waals surface area contributed by atoms with Crippen LogP contribution >= 0.6 is 0 Å². The van der Waals surface area contributed by atoms with Crippen LogP contribution in [0.1, 0.15) is 48.6 Å². The Labute approximate surface area is 99.3 Å². The summed E-state index contributed by atoms with van der Waals surface area (Å²) in [5.74, 6) is 0.753. The van der Waals surface area contributed by atoms with E-state index in [2.05, 4.69) is 45.1 Å². The van der Waals surface area contributed by atoms with E-state index >= 15 is 0 Å². The van der Waals surface area contributed by atoms with Gasteiger partial charge < -0.3 is 5.32 Å². The van der Waals surface area contributed by atoms with Crippen molar-refractivity contribution in [3.8, 4) is 0 Å². The molecule has 0 aromatic heterocycles. The second kappa shape index (κ2) is 4.58. The minimum atomic E-state index is 0.573. The molecule has 2 rings (SSSR count). The molecule has 1 heterocycles. The van der Waals surface area contributed by atoms with Gasteiger partial charge in [-0.15, -0.1) is 0 Å². The molecule has 1 aromatic rings. The lowest BCUT2D eigenvalue weighted by Gasteiger charge is -2.31. The normalized spacial score (nSPS) is 19.9. The second-order valence-electron chi connectivity index (χ2n) is 5.48. The third kappa shape index (κ3) is 2.15. The molecular formula is C15H23N. The number of hydrogen-bond acceptors (Lipinski definition) is 1. The molecule has 16 heavy (non-hydrogen) atoms. The summed E-state index contributed by atoms with van der Waals surface area (Å²) in [5.41, 5.74) is 6.11. The van der Waals surface area contributed by atoms with Crippen molar-refractivity contribution >= 4 is 0 Å². The van der Waals surface area contributed by atoms with Gasteiger partial charge in [0.15, 0.2) is 0 Å². The maximum atomic E-state index is 3.67. The Morgan fingerprint density at radius 2 is 1.94 bits per heavy atom. The van der Waals surface area contributed by atoms with Gasteiger partial charge in [0.05, 0.1) is 0 Å². The maximum Gasteiger partial charge on any atom is 0.0328 e. The van der Waals surface area contributed by atoms with Crippen molar-refractivity contribution in [2.75, 3.05) is 6.54 Å². The molecule has 0 radical (unpaired) electrons. The average molecular weight is 217 g/mol. The summed E-state index contributed by atoms with van der Waals surface area (Å²) in [4.78, 5) is 0. The van der Waals surface area contributed by atoms with E-state index in [9.17, 15) is 0 Å². The van der Waals surface area contributed by atoms with Crippen LogP contribution in [-0.4, -0.2) is 6.54 Å². The van der Waals surface area contributed by atoms with Crippen molar-refractivity contribution in [3.63, 3.8) is 0 Å². The standard InChI is InChI=1S/C15H23N/c1-10(2)9-14-15-12(4)6-5-11(3)13(15)7-8-16-14/h5-6,10,14,16H,7-9H2,1-4H3. The van der Waals surface area contributed by atoms with Crippen molar-refractivity contribution < 1.29 is 0 Å². The quantitative estimate of drug-likeness (QED) is 0.799. The van der Waals surface area contributed by atoms with Crippen molar-refractivity contribution in [2.24, 2.45) is 5.92 Å². The summed E-state index contributed by atoms with van der Waals surface area (Å²) >= 11 is 0. The van der Waals surface area contributed by atoms with Gasteiger partial charge in [-0.2, -0.15) is 0 Å². The first-order valence-electron chi connectivity index (χ1n) is 6.42. The molecule has 0 saturated carbocycles. The summed E-state index contributed by atoms with van der Waals surface area (Å²) in [6.07, 6.45) is 2.44. The van der Waals surface area contributed by atoms with Crippen LogP contribution in [0.15, 0.2) is 12.1 Å². The average Bonchev–Trinajstić information content (AvgIpc) is 2.23. The van der Waals surface area contributed by atoms with Crippen LogP contribution < -0.4 is 5.32 Å². The third-order valence-electron chi connectivity index (χ3n) is 3.63. The van der Waals surface area contributed by atoms with E-state index in [1.54, 1.807) is 11.1 Å². The summed E-state index contributed by atoms with van der Waals surface area (Å²) in [6, 6.07) is 5.11. The van der Waals surface area contributed by atoms with Crippen LogP contribution in [0.4, 0.5) is 0 Å². The SMILES string of the molecule is Cc1ccc(C)c2c1CCNC2CC(C)C. The Morgan fingerprint density at radius 1 is 1.25 bits per heavy atom. The summed E-state index contributed by atoms with van der Waals surface area (Å²) in [5, 5.41) is 3.67. The predicted octanol–water partition coefficient (Wildman–Crippen LogP) is 3.54. The Bertz CT molecular complexity index is 379. The molecule has 1 unspecified atom stereocenters. The fraction of sp³-hybridized carbons (Fsp3) is 0.600. The predicted molar refractivity (Wildman–Crippen MR) is 69.8 cm³/mol. The van der Waals surface area contributed by atoms with E-state index in [0.29, 0.717) is 6.04 Å². The van der Waals surface area contributed by atoms with E-state index in [1.807, 2.05) is 0 Å². The fourth-order valence-electron chi connectivity index (χ4n) is 2.85. The molecule has 88 valence electrons. The molecule has 1 atom stereocenters. The number of nitrogens with one attached hydrogen (secondary N) is 1. The van der Waals surface area contributed by atoms with Crippen LogP contribution in [0.2, 0.25) is 0 Å². The Balaban J connectivity index is 2.40. The zero-order chi connectivity index (χ0) is 11.7. The number of fused-ring (bicyclic) bond motifs is 1. The van der Waals surface area contributed by atoms with Crippen LogP contribution in [0.3, 0.4) is 0 Å². The third-order valence-corrected chi connectivity index (χ3v) is 3.63. The van der Waals surface area contributed by atoms with Crippen LogP contribution in [-0.2, 0) is 6.42 Å². The first-order valence-corrected chi connectivity index (χ1v) is 6.42. The molecule has 0 aliphatic carbocycles. The van der Waals surface area contributed by atoms with Crippen LogP contribution in [0.5, 0.6) is 0 Å². The molecule has 0 fully saturated rings. The minimum absolute atomic E-state index is 0.573. The Morgan fingerprint density at radius 3 is 2.62 bits per heavy atom. The number of benzene rings is 1. The van der Waals surface area contributed by atoms with E-state index in [1.165, 1.54) is 24.0 Å². The van der Waals surface area contributed by atoms with E-state index in [4.69, 9.17) is 0 Å². The lowest BCUT2D eigenvalue weighted by atomic mass is 9.84. The number of rotatable bonds is 2. The van der Waals surface area contributed by atoms with Gasteiger partial charge in [-0.05, 0) is 61.4 Å². The highest BCUT2D eigenvalue weighted by Gasteiger charge is 2.23. The largest absolute Gasteiger partial charge is 0.310 e. The van der Waals surface area contributed by atoms with Crippen molar-refractivity contribution in [1.82, 2.24) is 5.32 Å². The van der Waals surface area contributed by atoms with Gasteiger partial charge in [0.1, 0.15) is 0 Å². The van der Waals surface area contributed by atoms with Crippen LogP contribution in [0.25, 0.3) is 0 Å². The molecule has 1 aliphatic heterocycles. The fourth-order valence-corrected chi connectivity index (χ4v) is 2.85. The van der Waals surface area contributed by atoms with Gasteiger partial charge in [-0.1, -0.05) is 26.0 Å². The van der Waals surface area contributed by atoms with Crippen molar-refractivity contribution in [3.05, 3.63) is 34.4 Å². The summed E-state index contributed by atoms with van der Waals surface area (Å²) in [6.45, 7) is 10.2. The Kier molecular flexibility index (Phi) is 3.34. The number of hydrogen-bond donors (Lipinski definition) is 1. The highest BCUT2D eigenvalue weighted by Crippen LogP contribution is 2.32. The number of aryl methyl sites for hydroxylation is 2. The van der Waals surface area contributed by atoms with Crippen molar-refractivity contribution in [1.29, 1.82) is 0 Å². The smallest absolute Gasteiger partial charge is 0.0328 e. The van der Waals surface area contributed by atoms with E-state index in [0.717, 1.165) is 12.5 Å². The zero-order valence-electron chi connectivity index (χ0n) is 10.9. The monoisotopic (exact) mass is 217 g/mol. The first-order chi connectivity index (χ1) is 7.59. The van der Waals surface area contributed by atoms with Gasteiger partial charge in [-0.3, -0.25) is 0 Å². The Hall–Kier alpha value is -0.820. The van der Waals surface area contributed by atoms with Gasteiger partial charge in [0, 0.05) is 6.04 Å². The first kappa shape index (κ1) is 11.7. The molecule has 0 amide bonds. The lowest BCUT2D eigenvalue weighted by Crippen LogP contribution is -2.32. The molecule has 0 saturated heterocycles. The molecular weight excluding hydrogens is 194 g/mol. The van der Waals surface area contributed by atoms with Gasteiger partial charge in [-0.25, -0.2) is 0 Å². The highest BCUT2D eigenvalue weighted by molar-refractivity contribution is 5.43. The topological polar surface area (TPSA) is 12.0 Å². The maximum absolute atomic E-state index is 3.67. The molecule has 1 heteroatoms. The molecule has 0 bridgehead atoms. The molecule has 1 N–H and O–H groups in total. The summed E-state index contributed by atoms with van der Waals surface area (Å²) in [7, 11) is 0. The van der Waals surface area contributed by atoms with Crippen molar-refractivity contribution in [2.45, 2.75) is 46.6 Å². The minimum Gasteiger partial charge on any atom is -0.310 e. The zero-order valence-corrected chi connectivity index (χ0v) is 10.9. The van der Waals surface area contributed by atoms with Gasteiger partial charge in [0.2, 0.25) is 0 Å². The molecule has 1 nitrogen and oxygen atoms in total. The summed E-state index contributed by atoms with van der Waals surface area (Å²) < 4.78 is 0. The van der Waals surface area contributed by atoms with E-state index < -0.39 is 0 Å². The van der Waals surface area contributed by atoms with Gasteiger partial charge >= 0.3 is 0 Å². The van der Waals surface area contributed by atoms with Gasteiger partial charge in [0.25, 0.3) is 0 Å². The molecule has 1 aromatic carbocycles. The highest BCUT2D eigenvalue weighted by atomic mass is 14.9. The lowest BCUT2D eigenvalue weighted by molar-refractivity contribution is 0.412. The second-order valence-corrected chi connectivity index (χ2v) is 5.48. The van der Waals surface area contributed by atoms with Crippen LogP contribution in [0, 0.1) is 19.8 Å². The molecule has 1 aliphatic rings. The van der Waals surface area contributed by atoms with E-state index in [-0.39, 0.29) is 0 Å². The molecule has 0 spiro atoms.